The molecule has 3 nitrogen and oxygen atoms in total. The van der Waals surface area contributed by atoms with Gasteiger partial charge in [-0.1, -0.05) is 11.6 Å². The minimum absolute atomic E-state index is 0.0609. The van der Waals surface area contributed by atoms with Crippen LogP contribution in [0.25, 0.3) is 0 Å². The highest BCUT2D eigenvalue weighted by molar-refractivity contribution is 9.10. The largest absolute Gasteiger partial charge is 0.507 e. The molecule has 0 saturated heterocycles. The summed E-state index contributed by atoms with van der Waals surface area (Å²) in [5, 5.41) is 12.2. The third-order valence-corrected chi connectivity index (χ3v) is 3.67. The maximum atomic E-state index is 12.7. The number of phenolic OH excluding ortho intramolecular Hbond substituents is 1. The summed E-state index contributed by atoms with van der Waals surface area (Å²) >= 11 is 8.72. The number of hydrogen-bond donors (Lipinski definition) is 2. The van der Waals surface area contributed by atoms with Crippen LogP contribution in [0, 0.1) is 0 Å². The lowest BCUT2D eigenvalue weighted by Gasteiger charge is -2.12. The number of carbonyl (C=O) groups excluding carboxylic acids is 1. The Hall–Kier alpha value is -1.73. The molecule has 0 aliphatic heterocycles. The average molecular weight is 395 g/mol. The lowest BCUT2D eigenvalue weighted by molar-refractivity contribution is -0.137. The van der Waals surface area contributed by atoms with E-state index in [1.807, 2.05) is 0 Å². The Morgan fingerprint density at radius 2 is 1.86 bits per heavy atom. The summed E-state index contributed by atoms with van der Waals surface area (Å²) in [6.07, 6.45) is -4.53. The highest BCUT2D eigenvalue weighted by atomic mass is 79.9. The Morgan fingerprint density at radius 1 is 1.18 bits per heavy atom. The maximum Gasteiger partial charge on any atom is 0.416 e. The van der Waals surface area contributed by atoms with Gasteiger partial charge in [-0.3, -0.25) is 4.79 Å². The monoisotopic (exact) mass is 393 g/mol. The van der Waals surface area contributed by atoms with Gasteiger partial charge in [0.15, 0.2) is 0 Å². The van der Waals surface area contributed by atoms with Crippen molar-refractivity contribution >= 4 is 39.1 Å². The van der Waals surface area contributed by atoms with Crippen LogP contribution in [-0.2, 0) is 6.18 Å². The van der Waals surface area contributed by atoms with Crippen LogP contribution in [0.4, 0.5) is 18.9 Å². The van der Waals surface area contributed by atoms with Gasteiger partial charge in [0.1, 0.15) is 5.75 Å². The normalized spacial score (nSPS) is 11.3. The fourth-order valence-electron chi connectivity index (χ4n) is 1.68. The minimum Gasteiger partial charge on any atom is -0.507 e. The summed E-state index contributed by atoms with van der Waals surface area (Å²) in [7, 11) is 0. The van der Waals surface area contributed by atoms with E-state index in [0.717, 1.165) is 18.2 Å². The summed E-state index contributed by atoms with van der Waals surface area (Å²) in [4.78, 5) is 12.0. The van der Waals surface area contributed by atoms with Gasteiger partial charge >= 0.3 is 6.18 Å². The summed E-state index contributed by atoms with van der Waals surface area (Å²) in [5.41, 5.74) is -1.06. The molecule has 0 spiro atoms. The lowest BCUT2D eigenvalue weighted by atomic mass is 10.1. The van der Waals surface area contributed by atoms with Crippen molar-refractivity contribution in [3.8, 4) is 5.75 Å². The number of carbonyl (C=O) groups is 1. The maximum absolute atomic E-state index is 12.7. The zero-order chi connectivity index (χ0) is 16.5. The van der Waals surface area contributed by atoms with E-state index in [1.54, 1.807) is 0 Å². The third kappa shape index (κ3) is 3.72. The van der Waals surface area contributed by atoms with Gasteiger partial charge in [-0.05, 0) is 52.3 Å². The molecule has 0 radical (unpaired) electrons. The second kappa shape index (κ2) is 6.18. The predicted molar refractivity (Wildman–Crippen MR) is 80.2 cm³/mol. The van der Waals surface area contributed by atoms with Crippen molar-refractivity contribution in [3.63, 3.8) is 0 Å². The lowest BCUT2D eigenvalue weighted by Crippen LogP contribution is -2.14. The molecule has 0 fully saturated rings. The smallest absolute Gasteiger partial charge is 0.416 e. The van der Waals surface area contributed by atoms with Crippen molar-refractivity contribution in [2.75, 3.05) is 5.32 Å². The number of alkyl halides is 3. The number of rotatable bonds is 2. The van der Waals surface area contributed by atoms with Crippen molar-refractivity contribution in [3.05, 3.63) is 57.0 Å². The summed E-state index contributed by atoms with van der Waals surface area (Å²) in [6, 6.07) is 6.69. The molecule has 0 aliphatic carbocycles. The molecule has 0 unspecified atom stereocenters. The van der Waals surface area contributed by atoms with Crippen molar-refractivity contribution in [1.82, 2.24) is 0 Å². The fourth-order valence-corrected chi connectivity index (χ4v) is 2.20. The molecule has 2 N–H and O–H groups in total. The van der Waals surface area contributed by atoms with Crippen molar-refractivity contribution < 1.29 is 23.1 Å². The van der Waals surface area contributed by atoms with Crippen molar-refractivity contribution in [2.24, 2.45) is 0 Å². The average Bonchev–Trinajstić information content (AvgIpc) is 2.39. The highest BCUT2D eigenvalue weighted by Gasteiger charge is 2.31. The van der Waals surface area contributed by atoms with Crippen LogP contribution >= 0.6 is 27.5 Å². The molecule has 2 aromatic rings. The standard InChI is InChI=1S/C14H8BrClF3NO2/c15-10-4-1-7(14(17,18)19)5-11(10)20-13(22)9-3-2-8(16)6-12(9)21/h1-6,21H,(H,20,22). The topological polar surface area (TPSA) is 49.3 Å². The number of nitrogens with one attached hydrogen (secondary N) is 1. The first-order chi connectivity index (χ1) is 10.2. The van der Waals surface area contributed by atoms with Gasteiger partial charge < -0.3 is 10.4 Å². The van der Waals surface area contributed by atoms with E-state index in [9.17, 15) is 23.1 Å². The second-order valence-electron chi connectivity index (χ2n) is 4.31. The minimum atomic E-state index is -4.53. The van der Waals surface area contributed by atoms with Crippen LogP contribution in [0.2, 0.25) is 5.02 Å². The van der Waals surface area contributed by atoms with E-state index < -0.39 is 17.6 Å². The molecule has 0 bridgehead atoms. The van der Waals surface area contributed by atoms with Crippen LogP contribution in [-0.4, -0.2) is 11.0 Å². The van der Waals surface area contributed by atoms with Crippen LogP contribution in [0.1, 0.15) is 15.9 Å². The number of anilines is 1. The van der Waals surface area contributed by atoms with Crippen LogP contribution in [0.3, 0.4) is 0 Å². The first-order valence-corrected chi connectivity index (χ1v) is 7.02. The predicted octanol–water partition coefficient (Wildman–Crippen LogP) is 5.08. The number of benzene rings is 2. The summed E-state index contributed by atoms with van der Waals surface area (Å²) < 4.78 is 38.3. The molecule has 2 rings (SSSR count). The Morgan fingerprint density at radius 3 is 2.45 bits per heavy atom. The Balaban J connectivity index is 2.32. The molecule has 8 heteroatoms. The molecular formula is C14H8BrClF3NO2. The molecule has 2 aromatic carbocycles. The van der Waals surface area contributed by atoms with Gasteiger partial charge in [-0.15, -0.1) is 0 Å². The summed E-state index contributed by atoms with van der Waals surface area (Å²) in [6.45, 7) is 0. The number of halogens is 5. The molecule has 0 aromatic heterocycles. The molecule has 0 saturated carbocycles. The van der Waals surface area contributed by atoms with Crippen LogP contribution in [0.5, 0.6) is 5.75 Å². The Kier molecular flexibility index (Phi) is 4.67. The van der Waals surface area contributed by atoms with E-state index in [2.05, 4.69) is 21.2 Å². The molecule has 22 heavy (non-hydrogen) atoms. The van der Waals surface area contributed by atoms with E-state index in [-0.39, 0.29) is 26.5 Å². The van der Waals surface area contributed by atoms with Crippen LogP contribution in [0.15, 0.2) is 40.9 Å². The van der Waals surface area contributed by atoms with E-state index in [4.69, 9.17) is 11.6 Å². The van der Waals surface area contributed by atoms with Crippen LogP contribution < -0.4 is 5.32 Å². The van der Waals surface area contributed by atoms with Gasteiger partial charge in [0.05, 0.1) is 16.8 Å². The number of amides is 1. The molecule has 0 heterocycles. The third-order valence-electron chi connectivity index (χ3n) is 2.75. The van der Waals surface area contributed by atoms with E-state index >= 15 is 0 Å². The molecule has 0 aliphatic rings. The van der Waals surface area contributed by atoms with Gasteiger partial charge in [0, 0.05) is 9.50 Å². The number of hydrogen-bond acceptors (Lipinski definition) is 2. The number of phenols is 1. The zero-order valence-electron chi connectivity index (χ0n) is 10.7. The quantitative estimate of drug-likeness (QED) is 0.746. The zero-order valence-corrected chi connectivity index (χ0v) is 13.1. The molecule has 116 valence electrons. The van der Waals surface area contributed by atoms with E-state index in [0.29, 0.717) is 0 Å². The first-order valence-electron chi connectivity index (χ1n) is 5.85. The Labute approximate surface area is 136 Å². The second-order valence-corrected chi connectivity index (χ2v) is 5.60. The van der Waals surface area contributed by atoms with Gasteiger partial charge in [0.25, 0.3) is 5.91 Å². The number of aromatic hydroxyl groups is 1. The molecule has 0 atom stereocenters. The molecular weight excluding hydrogens is 387 g/mol. The first kappa shape index (κ1) is 16.6. The van der Waals surface area contributed by atoms with Crippen molar-refractivity contribution in [2.45, 2.75) is 6.18 Å². The fraction of sp³-hybridized carbons (Fsp3) is 0.0714. The van der Waals surface area contributed by atoms with Gasteiger partial charge in [-0.25, -0.2) is 0 Å². The SMILES string of the molecule is O=C(Nc1cc(C(F)(F)F)ccc1Br)c1ccc(Cl)cc1O. The van der Waals surface area contributed by atoms with Crippen molar-refractivity contribution in [1.29, 1.82) is 0 Å². The molecule has 1 amide bonds. The summed E-state index contributed by atoms with van der Waals surface area (Å²) in [5.74, 6) is -1.12. The Bertz CT molecular complexity index is 735. The van der Waals surface area contributed by atoms with Gasteiger partial charge in [0.2, 0.25) is 0 Å². The van der Waals surface area contributed by atoms with Gasteiger partial charge in [-0.2, -0.15) is 13.2 Å². The van der Waals surface area contributed by atoms with E-state index in [1.165, 1.54) is 18.2 Å². The highest BCUT2D eigenvalue weighted by Crippen LogP contribution is 2.34.